The zero-order chi connectivity index (χ0) is 16.8. The minimum atomic E-state index is -0.463. The number of anilines is 1. The molecule has 0 saturated heterocycles. The van der Waals surface area contributed by atoms with Gasteiger partial charge in [-0.1, -0.05) is 25.5 Å². The van der Waals surface area contributed by atoms with Crippen molar-refractivity contribution in [2.24, 2.45) is 0 Å². The second-order valence-corrected chi connectivity index (χ2v) is 5.27. The maximum absolute atomic E-state index is 12.5. The van der Waals surface area contributed by atoms with E-state index in [1.165, 1.54) is 14.2 Å². The highest BCUT2D eigenvalue weighted by atomic mass is 16.5. The van der Waals surface area contributed by atoms with Crippen LogP contribution in [0.1, 0.15) is 30.1 Å². The Morgan fingerprint density at radius 3 is 2.78 bits per heavy atom. The van der Waals surface area contributed by atoms with E-state index in [9.17, 15) is 9.59 Å². The lowest BCUT2D eigenvalue weighted by Crippen LogP contribution is -2.39. The Morgan fingerprint density at radius 1 is 1.35 bits per heavy atom. The van der Waals surface area contributed by atoms with Crippen LogP contribution in [0.3, 0.4) is 0 Å². The Morgan fingerprint density at radius 2 is 2.13 bits per heavy atom. The van der Waals surface area contributed by atoms with Gasteiger partial charge in [-0.3, -0.25) is 0 Å². The number of carbonyl (C=O) groups is 2. The molecule has 2 amide bonds. The fourth-order valence-electron chi connectivity index (χ4n) is 2.59. The van der Waals surface area contributed by atoms with Gasteiger partial charge in [-0.15, -0.1) is 0 Å². The number of amides is 2. The number of rotatable bonds is 5. The van der Waals surface area contributed by atoms with E-state index in [0.717, 1.165) is 12.8 Å². The average Bonchev–Trinajstić information content (AvgIpc) is 3.02. The molecule has 1 unspecified atom stereocenters. The first-order valence-electron chi connectivity index (χ1n) is 7.61. The Hall–Kier alpha value is -2.50. The van der Waals surface area contributed by atoms with Gasteiger partial charge in [0.05, 0.1) is 31.5 Å². The normalized spacial score (nSPS) is 16.3. The Bertz CT molecular complexity index is 613. The fourth-order valence-corrected chi connectivity index (χ4v) is 2.59. The van der Waals surface area contributed by atoms with Crippen molar-refractivity contribution in [3.05, 3.63) is 35.9 Å². The molecule has 1 N–H and O–H groups in total. The lowest BCUT2D eigenvalue weighted by Gasteiger charge is -2.25. The average molecular weight is 318 g/mol. The van der Waals surface area contributed by atoms with Crippen molar-refractivity contribution in [3.63, 3.8) is 0 Å². The van der Waals surface area contributed by atoms with Crippen LogP contribution in [0.15, 0.2) is 30.4 Å². The summed E-state index contributed by atoms with van der Waals surface area (Å²) in [5.74, 6) is 0.0278. The third kappa shape index (κ3) is 3.83. The summed E-state index contributed by atoms with van der Waals surface area (Å²) in [5.41, 5.74) is 0.802. The van der Waals surface area contributed by atoms with Gasteiger partial charge in [-0.2, -0.15) is 0 Å². The van der Waals surface area contributed by atoms with Crippen LogP contribution in [-0.4, -0.2) is 43.7 Å². The number of urea groups is 1. The van der Waals surface area contributed by atoms with Crippen LogP contribution in [-0.2, 0) is 4.74 Å². The van der Waals surface area contributed by atoms with E-state index < -0.39 is 5.97 Å². The second kappa shape index (κ2) is 7.67. The van der Waals surface area contributed by atoms with Gasteiger partial charge in [0.25, 0.3) is 0 Å². The molecule has 1 heterocycles. The monoisotopic (exact) mass is 318 g/mol. The minimum Gasteiger partial charge on any atom is -0.495 e. The Balaban J connectivity index is 2.17. The molecule has 1 aliphatic heterocycles. The molecule has 0 spiro atoms. The molecule has 2 rings (SSSR count). The van der Waals surface area contributed by atoms with Crippen LogP contribution in [0.4, 0.5) is 10.5 Å². The molecule has 124 valence electrons. The van der Waals surface area contributed by atoms with Crippen LogP contribution in [0, 0.1) is 0 Å². The summed E-state index contributed by atoms with van der Waals surface area (Å²) in [6.07, 6.45) is 5.95. The summed E-state index contributed by atoms with van der Waals surface area (Å²) in [7, 11) is 2.83. The number of benzene rings is 1. The van der Waals surface area contributed by atoms with Gasteiger partial charge >= 0.3 is 12.0 Å². The lowest BCUT2D eigenvalue weighted by molar-refractivity contribution is 0.0600. The van der Waals surface area contributed by atoms with Gasteiger partial charge in [-0.05, 0) is 24.6 Å². The van der Waals surface area contributed by atoms with Gasteiger partial charge in [0, 0.05) is 6.54 Å². The first-order valence-corrected chi connectivity index (χ1v) is 7.61. The molecule has 1 aromatic carbocycles. The van der Waals surface area contributed by atoms with Crippen LogP contribution >= 0.6 is 0 Å². The zero-order valence-electron chi connectivity index (χ0n) is 13.7. The number of nitrogens with zero attached hydrogens (tertiary/aromatic N) is 1. The minimum absolute atomic E-state index is 0.106. The van der Waals surface area contributed by atoms with E-state index in [0.29, 0.717) is 23.5 Å². The molecule has 1 aromatic rings. The SMILES string of the molecule is CCCC1C=CCN1C(=O)Nc1cc(C(=O)OC)ccc1OC. The summed E-state index contributed by atoms with van der Waals surface area (Å²) in [6.45, 7) is 2.67. The molecule has 0 saturated carbocycles. The molecular weight excluding hydrogens is 296 g/mol. The lowest BCUT2D eigenvalue weighted by atomic mass is 10.1. The van der Waals surface area contributed by atoms with Crippen molar-refractivity contribution in [2.45, 2.75) is 25.8 Å². The molecule has 6 heteroatoms. The molecule has 0 bridgehead atoms. The predicted octanol–water partition coefficient (Wildman–Crippen LogP) is 3.05. The Labute approximate surface area is 136 Å². The summed E-state index contributed by atoms with van der Waals surface area (Å²) >= 11 is 0. The van der Waals surface area contributed by atoms with Crippen LogP contribution in [0.5, 0.6) is 5.75 Å². The zero-order valence-corrected chi connectivity index (χ0v) is 13.7. The first-order chi connectivity index (χ1) is 11.1. The van der Waals surface area contributed by atoms with Gasteiger partial charge < -0.3 is 19.7 Å². The number of carbonyl (C=O) groups excluding carboxylic acids is 2. The summed E-state index contributed by atoms with van der Waals surface area (Å²) < 4.78 is 9.96. The molecule has 6 nitrogen and oxygen atoms in total. The smallest absolute Gasteiger partial charge is 0.337 e. The molecule has 0 radical (unpaired) electrons. The number of hydrogen-bond acceptors (Lipinski definition) is 4. The van der Waals surface area contributed by atoms with Crippen molar-refractivity contribution in [1.29, 1.82) is 0 Å². The fraction of sp³-hybridized carbons (Fsp3) is 0.412. The van der Waals surface area contributed by atoms with Crippen molar-refractivity contribution >= 4 is 17.7 Å². The van der Waals surface area contributed by atoms with E-state index in [4.69, 9.17) is 9.47 Å². The first kappa shape index (κ1) is 16.9. The van der Waals surface area contributed by atoms with Crippen molar-refractivity contribution in [2.75, 3.05) is 26.1 Å². The third-order valence-corrected chi connectivity index (χ3v) is 3.77. The summed E-state index contributed by atoms with van der Waals surface area (Å²) in [5, 5.41) is 2.83. The van der Waals surface area contributed by atoms with E-state index in [-0.39, 0.29) is 12.1 Å². The molecule has 0 fully saturated rings. The van der Waals surface area contributed by atoms with Crippen LogP contribution in [0.25, 0.3) is 0 Å². The number of esters is 1. The van der Waals surface area contributed by atoms with Crippen LogP contribution < -0.4 is 10.1 Å². The highest BCUT2D eigenvalue weighted by Crippen LogP contribution is 2.27. The highest BCUT2D eigenvalue weighted by molar-refractivity contribution is 5.95. The maximum Gasteiger partial charge on any atom is 0.337 e. The molecule has 1 aliphatic rings. The molecule has 0 aromatic heterocycles. The van der Waals surface area contributed by atoms with E-state index in [1.807, 2.05) is 12.2 Å². The third-order valence-electron chi connectivity index (χ3n) is 3.77. The topological polar surface area (TPSA) is 67.9 Å². The second-order valence-electron chi connectivity index (χ2n) is 5.27. The van der Waals surface area contributed by atoms with Gasteiger partial charge in [0.1, 0.15) is 5.75 Å². The van der Waals surface area contributed by atoms with Gasteiger partial charge in [-0.25, -0.2) is 9.59 Å². The van der Waals surface area contributed by atoms with Crippen molar-refractivity contribution in [3.8, 4) is 5.75 Å². The predicted molar refractivity (Wildman–Crippen MR) is 87.9 cm³/mol. The summed E-state index contributed by atoms with van der Waals surface area (Å²) in [4.78, 5) is 25.9. The van der Waals surface area contributed by atoms with E-state index in [2.05, 4.69) is 12.2 Å². The van der Waals surface area contributed by atoms with Crippen molar-refractivity contribution in [1.82, 2.24) is 4.90 Å². The van der Waals surface area contributed by atoms with Crippen molar-refractivity contribution < 1.29 is 19.1 Å². The van der Waals surface area contributed by atoms with E-state index in [1.54, 1.807) is 23.1 Å². The largest absolute Gasteiger partial charge is 0.495 e. The Kier molecular flexibility index (Phi) is 5.62. The highest BCUT2D eigenvalue weighted by Gasteiger charge is 2.25. The number of hydrogen-bond donors (Lipinski definition) is 1. The molecular formula is C17H22N2O4. The number of ether oxygens (including phenoxy) is 2. The maximum atomic E-state index is 12.5. The van der Waals surface area contributed by atoms with Gasteiger partial charge in [0.2, 0.25) is 0 Å². The molecule has 23 heavy (non-hydrogen) atoms. The van der Waals surface area contributed by atoms with E-state index >= 15 is 0 Å². The van der Waals surface area contributed by atoms with Gasteiger partial charge in [0.15, 0.2) is 0 Å². The summed E-state index contributed by atoms with van der Waals surface area (Å²) in [6, 6.07) is 4.68. The molecule has 0 aliphatic carbocycles. The van der Waals surface area contributed by atoms with Crippen LogP contribution in [0.2, 0.25) is 0 Å². The quantitative estimate of drug-likeness (QED) is 0.669. The standard InChI is InChI=1S/C17H22N2O4/c1-4-6-13-7-5-10-19(13)17(21)18-14-11-12(16(20)23-3)8-9-15(14)22-2/h5,7-9,11,13H,4,6,10H2,1-3H3,(H,18,21). The number of methoxy groups -OCH3 is 2. The number of nitrogens with one attached hydrogen (secondary N) is 1. The molecule has 1 atom stereocenters.